The lowest BCUT2D eigenvalue weighted by molar-refractivity contribution is -0.114. The van der Waals surface area contributed by atoms with Crippen LogP contribution in [0, 0.1) is 0 Å². The highest BCUT2D eigenvalue weighted by Gasteiger charge is 2.37. The van der Waals surface area contributed by atoms with Gasteiger partial charge in [-0.1, -0.05) is 18.7 Å². The summed E-state index contributed by atoms with van der Waals surface area (Å²) in [6, 6.07) is 0. The summed E-state index contributed by atoms with van der Waals surface area (Å²) in [6.07, 6.45) is 4.12. The first-order valence-corrected chi connectivity index (χ1v) is 6.16. The van der Waals surface area contributed by atoms with Crippen LogP contribution in [0.1, 0.15) is 13.3 Å². The van der Waals surface area contributed by atoms with E-state index in [9.17, 15) is 4.79 Å². The fraction of sp³-hybridized carbons (Fsp3) is 0.615. The minimum Gasteiger partial charge on any atom is -0.445 e. The predicted octanol–water partition coefficient (Wildman–Crippen LogP) is 1.70. The summed E-state index contributed by atoms with van der Waals surface area (Å²) in [6.45, 7) is 7.99. The lowest BCUT2D eigenvalue weighted by Crippen LogP contribution is -2.42. The molecule has 1 fully saturated rings. The van der Waals surface area contributed by atoms with Gasteiger partial charge in [-0.25, -0.2) is 4.79 Å². The summed E-state index contributed by atoms with van der Waals surface area (Å²) in [5.74, 6) is -0.683. The van der Waals surface area contributed by atoms with Gasteiger partial charge < -0.3 is 19.1 Å². The Kier molecular flexibility index (Phi) is 4.04. The second-order valence-electron chi connectivity index (χ2n) is 4.45. The molecule has 18 heavy (non-hydrogen) atoms. The average Bonchev–Trinajstić information content (AvgIpc) is 2.84. The number of ether oxygens (including phenoxy) is 3. The fourth-order valence-electron chi connectivity index (χ4n) is 2.15. The molecule has 0 N–H and O–H groups in total. The molecule has 0 aliphatic carbocycles. The summed E-state index contributed by atoms with van der Waals surface area (Å²) in [4.78, 5) is 13.4. The van der Waals surface area contributed by atoms with E-state index in [1.165, 1.54) is 0 Å². The number of rotatable bonds is 3. The highest BCUT2D eigenvalue weighted by molar-refractivity contribution is 5.68. The molecule has 1 saturated heterocycles. The predicted molar refractivity (Wildman–Crippen MR) is 66.1 cm³/mol. The van der Waals surface area contributed by atoms with Crippen molar-refractivity contribution >= 4 is 6.09 Å². The molecule has 0 aromatic heterocycles. The van der Waals surface area contributed by atoms with E-state index in [-0.39, 0.29) is 12.7 Å². The zero-order valence-corrected chi connectivity index (χ0v) is 10.7. The molecule has 5 nitrogen and oxygen atoms in total. The number of hydrogen-bond donors (Lipinski definition) is 0. The standard InChI is InChI=1S/C13H19NO4/c1-3-7-16-12(15)14-6-4-5-11(10-14)13(2)17-8-9-18-13/h3,5H,1,4,6-10H2,2H3. The monoisotopic (exact) mass is 253 g/mol. The van der Waals surface area contributed by atoms with Crippen LogP contribution >= 0.6 is 0 Å². The van der Waals surface area contributed by atoms with E-state index in [1.54, 1.807) is 11.0 Å². The van der Waals surface area contributed by atoms with Crippen LogP contribution in [0.5, 0.6) is 0 Å². The lowest BCUT2D eigenvalue weighted by atomic mass is 10.0. The molecule has 0 unspecified atom stereocenters. The Bertz CT molecular complexity index is 358. The second-order valence-corrected chi connectivity index (χ2v) is 4.45. The molecule has 1 amide bonds. The summed E-state index contributed by atoms with van der Waals surface area (Å²) in [5.41, 5.74) is 0.988. The van der Waals surface area contributed by atoms with Gasteiger partial charge in [0.15, 0.2) is 5.79 Å². The van der Waals surface area contributed by atoms with E-state index >= 15 is 0 Å². The molecule has 0 spiro atoms. The van der Waals surface area contributed by atoms with Crippen molar-refractivity contribution in [3.05, 3.63) is 24.3 Å². The first-order valence-electron chi connectivity index (χ1n) is 6.16. The van der Waals surface area contributed by atoms with Crippen LogP contribution in [0.4, 0.5) is 4.79 Å². The Hall–Kier alpha value is -1.33. The van der Waals surface area contributed by atoms with Gasteiger partial charge in [0, 0.05) is 12.1 Å². The van der Waals surface area contributed by atoms with Gasteiger partial charge in [-0.15, -0.1) is 0 Å². The Balaban J connectivity index is 1.97. The number of hydrogen-bond acceptors (Lipinski definition) is 4. The van der Waals surface area contributed by atoms with Gasteiger partial charge in [-0.2, -0.15) is 0 Å². The minimum atomic E-state index is -0.683. The number of nitrogens with zero attached hydrogens (tertiary/aromatic N) is 1. The molecule has 0 saturated carbocycles. The Labute approximate surface area is 107 Å². The quantitative estimate of drug-likeness (QED) is 0.718. The number of carbonyl (C=O) groups is 1. The fourth-order valence-corrected chi connectivity index (χ4v) is 2.15. The summed E-state index contributed by atoms with van der Waals surface area (Å²) >= 11 is 0. The van der Waals surface area contributed by atoms with Gasteiger partial charge in [-0.05, 0) is 13.3 Å². The van der Waals surface area contributed by atoms with Crippen LogP contribution in [0.25, 0.3) is 0 Å². The summed E-state index contributed by atoms with van der Waals surface area (Å²) in [5, 5.41) is 0. The third kappa shape index (κ3) is 2.73. The third-order valence-electron chi connectivity index (χ3n) is 3.16. The maximum absolute atomic E-state index is 11.8. The first-order chi connectivity index (χ1) is 8.65. The first kappa shape index (κ1) is 13.1. The highest BCUT2D eigenvalue weighted by Crippen LogP contribution is 2.30. The van der Waals surface area contributed by atoms with Crippen LogP contribution in [-0.4, -0.2) is 49.7 Å². The zero-order chi connectivity index (χ0) is 13.0. The summed E-state index contributed by atoms with van der Waals surface area (Å²) in [7, 11) is 0. The molecule has 2 heterocycles. The van der Waals surface area contributed by atoms with E-state index in [1.807, 2.05) is 6.92 Å². The van der Waals surface area contributed by atoms with E-state index in [2.05, 4.69) is 12.7 Å². The molecule has 0 radical (unpaired) electrons. The molecular weight excluding hydrogens is 234 g/mol. The number of amides is 1. The van der Waals surface area contributed by atoms with Gasteiger partial charge in [0.1, 0.15) is 6.61 Å². The largest absolute Gasteiger partial charge is 0.445 e. The second kappa shape index (κ2) is 5.54. The maximum atomic E-state index is 11.8. The molecule has 2 aliphatic heterocycles. The van der Waals surface area contributed by atoms with Crippen molar-refractivity contribution < 1.29 is 19.0 Å². The van der Waals surface area contributed by atoms with E-state index in [4.69, 9.17) is 14.2 Å². The molecule has 5 heteroatoms. The van der Waals surface area contributed by atoms with Crippen molar-refractivity contribution in [1.82, 2.24) is 4.90 Å². The van der Waals surface area contributed by atoms with Gasteiger partial charge >= 0.3 is 6.09 Å². The molecule has 2 aliphatic rings. The van der Waals surface area contributed by atoms with Crippen LogP contribution in [-0.2, 0) is 14.2 Å². The Morgan fingerprint density at radius 2 is 2.33 bits per heavy atom. The lowest BCUT2D eigenvalue weighted by Gasteiger charge is -2.33. The van der Waals surface area contributed by atoms with Crippen molar-refractivity contribution in [1.29, 1.82) is 0 Å². The van der Waals surface area contributed by atoms with Crippen molar-refractivity contribution in [2.45, 2.75) is 19.1 Å². The minimum absolute atomic E-state index is 0.235. The van der Waals surface area contributed by atoms with Gasteiger partial charge in [-0.3, -0.25) is 0 Å². The van der Waals surface area contributed by atoms with Crippen molar-refractivity contribution in [3.8, 4) is 0 Å². The van der Waals surface area contributed by atoms with E-state index < -0.39 is 5.79 Å². The molecule has 0 atom stereocenters. The summed E-state index contributed by atoms with van der Waals surface area (Å²) < 4.78 is 16.2. The Morgan fingerprint density at radius 1 is 1.61 bits per heavy atom. The normalized spacial score (nSPS) is 22.5. The highest BCUT2D eigenvalue weighted by atomic mass is 16.7. The van der Waals surface area contributed by atoms with Crippen LogP contribution in [0.3, 0.4) is 0 Å². The SMILES string of the molecule is C=CCOC(=O)N1CCC=C(C2(C)OCCO2)C1. The van der Waals surface area contributed by atoms with Crippen molar-refractivity contribution in [3.63, 3.8) is 0 Å². The van der Waals surface area contributed by atoms with E-state index in [0.29, 0.717) is 26.3 Å². The maximum Gasteiger partial charge on any atom is 0.410 e. The molecule has 0 aromatic carbocycles. The van der Waals surface area contributed by atoms with Crippen LogP contribution < -0.4 is 0 Å². The molecular formula is C13H19NO4. The molecule has 2 rings (SSSR count). The number of carbonyl (C=O) groups excluding carboxylic acids is 1. The third-order valence-corrected chi connectivity index (χ3v) is 3.16. The smallest absolute Gasteiger partial charge is 0.410 e. The Morgan fingerprint density at radius 3 is 3.00 bits per heavy atom. The van der Waals surface area contributed by atoms with Crippen LogP contribution in [0.15, 0.2) is 24.3 Å². The van der Waals surface area contributed by atoms with Gasteiger partial charge in [0.05, 0.1) is 19.8 Å². The van der Waals surface area contributed by atoms with Crippen LogP contribution in [0.2, 0.25) is 0 Å². The topological polar surface area (TPSA) is 48.0 Å². The van der Waals surface area contributed by atoms with E-state index in [0.717, 1.165) is 12.0 Å². The average molecular weight is 253 g/mol. The molecule has 0 aromatic rings. The van der Waals surface area contributed by atoms with Gasteiger partial charge in [0.25, 0.3) is 0 Å². The van der Waals surface area contributed by atoms with Crippen molar-refractivity contribution in [2.24, 2.45) is 0 Å². The van der Waals surface area contributed by atoms with Crippen molar-refractivity contribution in [2.75, 3.05) is 32.9 Å². The molecule has 0 bridgehead atoms. The van der Waals surface area contributed by atoms with Gasteiger partial charge in [0.2, 0.25) is 0 Å². The molecule has 100 valence electrons. The zero-order valence-electron chi connectivity index (χ0n) is 10.7.